The van der Waals surface area contributed by atoms with Crippen LogP contribution < -0.4 is 14.8 Å². The number of methoxy groups -OCH3 is 1. The van der Waals surface area contributed by atoms with Gasteiger partial charge in [0.15, 0.2) is 0 Å². The highest BCUT2D eigenvalue weighted by molar-refractivity contribution is 5.99. The number of ether oxygens (including phenoxy) is 2. The van der Waals surface area contributed by atoms with Crippen molar-refractivity contribution in [1.29, 1.82) is 10.7 Å². The van der Waals surface area contributed by atoms with Gasteiger partial charge in [0.25, 0.3) is 0 Å². The average molecular weight is 416 g/mol. The van der Waals surface area contributed by atoms with E-state index in [4.69, 9.17) is 14.9 Å². The molecule has 156 valence electrons. The first-order valence-electron chi connectivity index (χ1n) is 9.22. The maximum absolute atomic E-state index is 11.4. The Hall–Kier alpha value is -4.51. The van der Waals surface area contributed by atoms with Crippen molar-refractivity contribution in [3.8, 4) is 23.3 Å². The molecule has 0 saturated carbocycles. The van der Waals surface area contributed by atoms with Crippen LogP contribution in [-0.4, -0.2) is 29.4 Å². The Bertz CT molecular complexity index is 1190. The molecule has 8 nitrogen and oxygen atoms in total. The number of rotatable bonds is 8. The third-order valence-corrected chi connectivity index (χ3v) is 4.55. The first-order valence-corrected chi connectivity index (χ1v) is 9.22. The Morgan fingerprint density at radius 1 is 1.19 bits per heavy atom. The van der Waals surface area contributed by atoms with Gasteiger partial charge in [-0.15, -0.1) is 0 Å². The molecule has 1 heterocycles. The van der Waals surface area contributed by atoms with Gasteiger partial charge in [-0.25, -0.2) is 4.79 Å². The van der Waals surface area contributed by atoms with Crippen LogP contribution in [0.25, 0.3) is 5.70 Å². The van der Waals surface area contributed by atoms with Gasteiger partial charge in [-0.05, 0) is 48.9 Å². The van der Waals surface area contributed by atoms with E-state index in [2.05, 4.69) is 10.3 Å². The average Bonchev–Trinajstić information content (AvgIpc) is 3.16. The number of H-pyrrole nitrogens is 1. The molecule has 3 rings (SSSR count). The molecule has 0 bridgehead atoms. The number of hydrogen-bond acceptors (Lipinski definition) is 6. The van der Waals surface area contributed by atoms with Gasteiger partial charge in [-0.3, -0.25) is 0 Å². The number of benzene rings is 2. The molecule has 0 amide bonds. The zero-order valence-corrected chi connectivity index (χ0v) is 16.9. The summed E-state index contributed by atoms with van der Waals surface area (Å²) in [5.74, 6) is 0.829. The standard InChI is InChI=1S/C23H20N4O4/c1-14-20(23(28)29)13-26-21(14)22(15(11-24)12-25)27-16-6-8-17(9-7-16)31-19-5-3-4-18(10-19)30-2/h3-11,13,24,26-27H,1-2H3,(H,28,29)/b22-15-,24-11?. The van der Waals surface area contributed by atoms with Gasteiger partial charge >= 0.3 is 5.97 Å². The second kappa shape index (κ2) is 9.33. The molecule has 0 aliphatic heterocycles. The summed E-state index contributed by atoms with van der Waals surface area (Å²) in [5, 5.41) is 29.4. The van der Waals surface area contributed by atoms with Gasteiger partial charge in [0, 0.05) is 24.2 Å². The highest BCUT2D eigenvalue weighted by Crippen LogP contribution is 2.29. The molecule has 0 saturated heterocycles. The minimum Gasteiger partial charge on any atom is -0.497 e. The van der Waals surface area contributed by atoms with Crippen molar-refractivity contribution in [2.24, 2.45) is 0 Å². The van der Waals surface area contributed by atoms with Crippen molar-refractivity contribution in [2.75, 3.05) is 12.4 Å². The van der Waals surface area contributed by atoms with E-state index in [9.17, 15) is 15.2 Å². The lowest BCUT2D eigenvalue weighted by Gasteiger charge is -2.13. The molecule has 0 atom stereocenters. The molecule has 0 aliphatic carbocycles. The van der Waals surface area contributed by atoms with Gasteiger partial charge in [-0.1, -0.05) is 6.07 Å². The highest BCUT2D eigenvalue weighted by Gasteiger charge is 2.18. The van der Waals surface area contributed by atoms with Gasteiger partial charge in [-0.2, -0.15) is 5.26 Å². The van der Waals surface area contributed by atoms with Crippen LogP contribution in [0.5, 0.6) is 17.2 Å². The Labute approximate surface area is 178 Å². The minimum absolute atomic E-state index is 0.0543. The van der Waals surface area contributed by atoms with Crippen LogP contribution in [0.3, 0.4) is 0 Å². The Balaban J connectivity index is 1.87. The number of nitriles is 1. The summed E-state index contributed by atoms with van der Waals surface area (Å²) in [6.07, 6.45) is 2.28. The van der Waals surface area contributed by atoms with Crippen molar-refractivity contribution < 1.29 is 19.4 Å². The van der Waals surface area contributed by atoms with E-state index in [1.807, 2.05) is 24.3 Å². The number of allylic oxidation sites excluding steroid dienone is 1. The van der Waals surface area contributed by atoms with E-state index in [1.54, 1.807) is 44.4 Å². The number of carbonyl (C=O) groups is 1. The van der Waals surface area contributed by atoms with Gasteiger partial charge < -0.3 is 30.3 Å². The highest BCUT2D eigenvalue weighted by atomic mass is 16.5. The van der Waals surface area contributed by atoms with E-state index in [1.165, 1.54) is 6.20 Å². The molecular weight excluding hydrogens is 396 g/mol. The zero-order chi connectivity index (χ0) is 22.4. The summed E-state index contributed by atoms with van der Waals surface area (Å²) in [6, 6.07) is 16.2. The number of anilines is 1. The number of nitrogens with zero attached hydrogens (tertiary/aromatic N) is 1. The number of hydrogen-bond donors (Lipinski definition) is 4. The molecule has 4 N–H and O–H groups in total. The molecule has 0 spiro atoms. The van der Waals surface area contributed by atoms with E-state index in [-0.39, 0.29) is 11.1 Å². The van der Waals surface area contributed by atoms with Gasteiger partial charge in [0.2, 0.25) is 0 Å². The molecule has 8 heteroatoms. The van der Waals surface area contributed by atoms with Crippen LogP contribution >= 0.6 is 0 Å². The Morgan fingerprint density at radius 3 is 2.48 bits per heavy atom. The summed E-state index contributed by atoms with van der Waals surface area (Å²) < 4.78 is 11.0. The summed E-state index contributed by atoms with van der Waals surface area (Å²) >= 11 is 0. The maximum atomic E-state index is 11.4. The maximum Gasteiger partial charge on any atom is 0.337 e. The lowest BCUT2D eigenvalue weighted by Crippen LogP contribution is -2.06. The summed E-state index contributed by atoms with van der Waals surface area (Å²) in [5.41, 5.74) is 1.98. The summed E-state index contributed by atoms with van der Waals surface area (Å²) in [7, 11) is 1.58. The predicted octanol–water partition coefficient (Wildman–Crippen LogP) is 4.82. The van der Waals surface area contributed by atoms with Crippen molar-refractivity contribution in [3.63, 3.8) is 0 Å². The van der Waals surface area contributed by atoms with E-state index < -0.39 is 5.97 Å². The summed E-state index contributed by atoms with van der Waals surface area (Å²) in [4.78, 5) is 14.3. The first-order chi connectivity index (χ1) is 15.0. The third-order valence-electron chi connectivity index (χ3n) is 4.55. The van der Waals surface area contributed by atoms with Crippen LogP contribution in [0, 0.1) is 23.7 Å². The lowest BCUT2D eigenvalue weighted by molar-refractivity contribution is 0.0696. The van der Waals surface area contributed by atoms with Crippen molar-refractivity contribution in [3.05, 3.63) is 77.1 Å². The molecule has 0 radical (unpaired) electrons. The van der Waals surface area contributed by atoms with E-state index in [0.717, 1.165) is 6.21 Å². The Kier molecular flexibility index (Phi) is 6.38. The van der Waals surface area contributed by atoms with E-state index >= 15 is 0 Å². The third kappa shape index (κ3) is 4.74. The molecule has 0 aliphatic rings. The number of carboxylic acids is 1. The fraction of sp³-hybridized carbons (Fsp3) is 0.0870. The normalized spacial score (nSPS) is 11.1. The van der Waals surface area contributed by atoms with Crippen molar-refractivity contribution >= 4 is 23.6 Å². The Morgan fingerprint density at radius 2 is 1.90 bits per heavy atom. The first kappa shape index (κ1) is 21.2. The second-order valence-corrected chi connectivity index (χ2v) is 6.48. The number of aromatic amines is 1. The summed E-state index contributed by atoms with van der Waals surface area (Å²) in [6.45, 7) is 1.64. The number of carboxylic acid groups (broad SMARTS) is 1. The van der Waals surface area contributed by atoms with Crippen LogP contribution in [0.15, 0.2) is 60.3 Å². The van der Waals surface area contributed by atoms with Crippen LogP contribution in [0.1, 0.15) is 21.6 Å². The quantitative estimate of drug-likeness (QED) is 0.308. The molecule has 2 aromatic carbocycles. The topological polar surface area (TPSA) is 131 Å². The fourth-order valence-corrected chi connectivity index (χ4v) is 2.95. The van der Waals surface area contributed by atoms with Gasteiger partial charge in [0.05, 0.1) is 29.6 Å². The fourth-order valence-electron chi connectivity index (χ4n) is 2.95. The molecule has 31 heavy (non-hydrogen) atoms. The SMILES string of the molecule is COc1cccc(Oc2ccc(N/C(=C(\C#N)C=N)c3[nH]cc(C(=O)O)c3C)cc2)c1. The second-order valence-electron chi connectivity index (χ2n) is 6.48. The monoisotopic (exact) mass is 416 g/mol. The molecule has 3 aromatic rings. The molecule has 1 aromatic heterocycles. The van der Waals surface area contributed by atoms with Crippen molar-refractivity contribution in [1.82, 2.24) is 4.98 Å². The van der Waals surface area contributed by atoms with E-state index in [0.29, 0.717) is 39.9 Å². The van der Waals surface area contributed by atoms with Crippen LogP contribution in [-0.2, 0) is 0 Å². The lowest BCUT2D eigenvalue weighted by atomic mass is 10.1. The van der Waals surface area contributed by atoms with Crippen LogP contribution in [0.4, 0.5) is 5.69 Å². The zero-order valence-electron chi connectivity index (χ0n) is 16.9. The van der Waals surface area contributed by atoms with Crippen molar-refractivity contribution in [2.45, 2.75) is 6.92 Å². The minimum atomic E-state index is -1.08. The molecule has 0 unspecified atom stereocenters. The molecular formula is C23H20N4O4. The largest absolute Gasteiger partial charge is 0.497 e. The molecule has 0 fully saturated rings. The van der Waals surface area contributed by atoms with Gasteiger partial charge in [0.1, 0.15) is 23.3 Å². The number of aromatic nitrogens is 1. The number of nitrogens with one attached hydrogen (secondary N) is 3. The number of aromatic carboxylic acids is 1. The van der Waals surface area contributed by atoms with Crippen LogP contribution in [0.2, 0.25) is 0 Å². The smallest absolute Gasteiger partial charge is 0.337 e. The predicted molar refractivity (Wildman–Crippen MR) is 117 cm³/mol.